The summed E-state index contributed by atoms with van der Waals surface area (Å²) in [7, 11) is 4.48. The lowest BCUT2D eigenvalue weighted by Crippen LogP contribution is -2.15. The van der Waals surface area contributed by atoms with Crippen LogP contribution in [-0.2, 0) is 4.74 Å². The Bertz CT molecular complexity index is 1070. The Kier molecular flexibility index (Phi) is 5.57. The molecule has 0 bridgehead atoms. The third kappa shape index (κ3) is 3.85. The number of carbonyl (C=O) groups excluding carboxylic acids is 1. The van der Waals surface area contributed by atoms with Crippen molar-refractivity contribution in [3.8, 4) is 11.5 Å². The van der Waals surface area contributed by atoms with Gasteiger partial charge in [0, 0.05) is 16.2 Å². The SMILES string of the molecule is CO/C(=C/c1ccccc1)C(=O)c1cc2c(OC)cc(OC)cc2sc1=O. The molecule has 0 aliphatic heterocycles. The van der Waals surface area contributed by atoms with Crippen LogP contribution < -0.4 is 14.2 Å². The van der Waals surface area contributed by atoms with E-state index >= 15 is 0 Å². The highest BCUT2D eigenvalue weighted by atomic mass is 32.1. The Balaban J connectivity index is 2.12. The fourth-order valence-electron chi connectivity index (χ4n) is 2.66. The van der Waals surface area contributed by atoms with E-state index in [1.807, 2.05) is 30.3 Å². The third-order valence-corrected chi connectivity index (χ3v) is 4.99. The summed E-state index contributed by atoms with van der Waals surface area (Å²) in [5, 5.41) is 0.668. The van der Waals surface area contributed by atoms with Crippen molar-refractivity contribution in [3.05, 3.63) is 75.0 Å². The van der Waals surface area contributed by atoms with Gasteiger partial charge in [-0.1, -0.05) is 41.7 Å². The molecule has 0 fully saturated rings. The summed E-state index contributed by atoms with van der Waals surface area (Å²) in [4.78, 5) is 25.5. The summed E-state index contributed by atoms with van der Waals surface area (Å²) in [5.74, 6) is 0.732. The molecule has 1 aromatic heterocycles. The van der Waals surface area contributed by atoms with E-state index in [0.29, 0.717) is 21.6 Å². The molecule has 0 radical (unpaired) electrons. The highest BCUT2D eigenvalue weighted by molar-refractivity contribution is 7.16. The predicted octanol–water partition coefficient (Wildman–Crippen LogP) is 4.15. The average molecular weight is 382 g/mol. The van der Waals surface area contributed by atoms with E-state index < -0.39 is 5.78 Å². The maximum absolute atomic E-state index is 12.9. The van der Waals surface area contributed by atoms with Gasteiger partial charge in [-0.2, -0.15) is 0 Å². The van der Waals surface area contributed by atoms with Crippen LogP contribution in [0.4, 0.5) is 0 Å². The first-order chi connectivity index (χ1) is 13.1. The van der Waals surface area contributed by atoms with E-state index in [2.05, 4.69) is 0 Å². The molecule has 6 heteroatoms. The number of ether oxygens (including phenoxy) is 3. The van der Waals surface area contributed by atoms with E-state index in [1.54, 1.807) is 31.4 Å². The van der Waals surface area contributed by atoms with Gasteiger partial charge in [-0.25, -0.2) is 0 Å². The van der Waals surface area contributed by atoms with Gasteiger partial charge in [0.2, 0.25) is 10.5 Å². The molecule has 3 rings (SSSR count). The van der Waals surface area contributed by atoms with Crippen LogP contribution in [0.1, 0.15) is 15.9 Å². The van der Waals surface area contributed by atoms with Crippen molar-refractivity contribution >= 4 is 33.3 Å². The number of hydrogen-bond donors (Lipinski definition) is 0. The Labute approximate surface area is 160 Å². The van der Waals surface area contributed by atoms with Gasteiger partial charge >= 0.3 is 0 Å². The van der Waals surface area contributed by atoms with Crippen molar-refractivity contribution in [1.82, 2.24) is 0 Å². The van der Waals surface area contributed by atoms with Crippen LogP contribution in [-0.4, -0.2) is 27.1 Å². The van der Waals surface area contributed by atoms with E-state index in [4.69, 9.17) is 14.2 Å². The summed E-state index contributed by atoms with van der Waals surface area (Å²) >= 11 is 0.971. The molecule has 0 aliphatic rings. The lowest BCUT2D eigenvalue weighted by Gasteiger charge is -2.10. The van der Waals surface area contributed by atoms with Gasteiger partial charge in [-0.15, -0.1) is 0 Å². The minimum atomic E-state index is -0.470. The largest absolute Gasteiger partial charge is 0.497 e. The van der Waals surface area contributed by atoms with Gasteiger partial charge in [0.15, 0.2) is 5.76 Å². The number of methoxy groups -OCH3 is 3. The standard InChI is InChI=1S/C21H18O5S/c1-24-14-10-17(25-2)15-12-16(21(23)27-19(15)11-14)20(22)18(26-3)9-13-7-5-4-6-8-13/h4-12H,1-3H3/b18-9+. The van der Waals surface area contributed by atoms with Gasteiger partial charge in [0.25, 0.3) is 0 Å². The number of benzene rings is 2. The van der Waals surface area contributed by atoms with Crippen molar-refractivity contribution in [2.45, 2.75) is 0 Å². The molecule has 3 aromatic rings. The average Bonchev–Trinajstić information content (AvgIpc) is 2.70. The van der Waals surface area contributed by atoms with Crippen LogP contribution in [0.3, 0.4) is 0 Å². The van der Waals surface area contributed by atoms with E-state index in [0.717, 1.165) is 16.9 Å². The number of rotatable bonds is 6. The molecule has 5 nitrogen and oxygen atoms in total. The van der Waals surface area contributed by atoms with Gasteiger partial charge in [0.1, 0.15) is 11.5 Å². The fourth-order valence-corrected chi connectivity index (χ4v) is 3.56. The zero-order valence-electron chi connectivity index (χ0n) is 15.1. The summed E-state index contributed by atoms with van der Waals surface area (Å²) in [6.45, 7) is 0. The maximum Gasteiger partial charge on any atom is 0.244 e. The lowest BCUT2D eigenvalue weighted by atomic mass is 10.1. The van der Waals surface area contributed by atoms with Gasteiger partial charge in [-0.3, -0.25) is 9.59 Å². The number of hydrogen-bond acceptors (Lipinski definition) is 6. The van der Waals surface area contributed by atoms with Gasteiger partial charge < -0.3 is 14.2 Å². The molecule has 0 atom stereocenters. The third-order valence-electron chi connectivity index (χ3n) is 4.03. The molecule has 0 amide bonds. The summed E-state index contributed by atoms with van der Waals surface area (Å²) in [6, 6.07) is 14.3. The first kappa shape index (κ1) is 18.7. The van der Waals surface area contributed by atoms with Crippen LogP contribution >= 0.6 is 11.3 Å². The van der Waals surface area contributed by atoms with E-state index in [9.17, 15) is 9.59 Å². The fraction of sp³-hybridized carbons (Fsp3) is 0.143. The van der Waals surface area contributed by atoms with Crippen LogP contribution in [0.15, 0.2) is 59.1 Å². The van der Waals surface area contributed by atoms with Crippen molar-refractivity contribution < 1.29 is 19.0 Å². The highest BCUT2D eigenvalue weighted by Crippen LogP contribution is 2.33. The molecule has 0 unspecified atom stereocenters. The van der Waals surface area contributed by atoms with Crippen LogP contribution in [0.25, 0.3) is 16.2 Å². The number of allylic oxidation sites excluding steroid dienone is 1. The Hall–Kier alpha value is -3.12. The topological polar surface area (TPSA) is 61.8 Å². The summed E-state index contributed by atoms with van der Waals surface area (Å²) < 4.78 is 16.2. The van der Waals surface area contributed by atoms with E-state index in [1.165, 1.54) is 14.2 Å². The number of carbonyl (C=O) groups is 1. The molecule has 1 heterocycles. The second kappa shape index (κ2) is 8.05. The summed E-state index contributed by atoms with van der Waals surface area (Å²) in [5.41, 5.74) is 0.849. The van der Waals surface area contributed by atoms with E-state index in [-0.39, 0.29) is 16.1 Å². The molecule has 0 spiro atoms. The number of fused-ring (bicyclic) bond motifs is 1. The van der Waals surface area contributed by atoms with Gasteiger partial charge in [-0.05, 0) is 23.8 Å². The van der Waals surface area contributed by atoms with Crippen molar-refractivity contribution in [2.75, 3.05) is 21.3 Å². The molecular weight excluding hydrogens is 364 g/mol. The van der Waals surface area contributed by atoms with Crippen LogP contribution in [0, 0.1) is 0 Å². The minimum Gasteiger partial charge on any atom is -0.497 e. The van der Waals surface area contributed by atoms with Crippen molar-refractivity contribution in [2.24, 2.45) is 0 Å². The molecular formula is C21H18O5S. The lowest BCUT2D eigenvalue weighted by molar-refractivity contribution is 0.0956. The first-order valence-electron chi connectivity index (χ1n) is 8.12. The van der Waals surface area contributed by atoms with Crippen molar-refractivity contribution in [3.63, 3.8) is 0 Å². The molecule has 0 N–H and O–H groups in total. The molecule has 2 aromatic carbocycles. The zero-order valence-corrected chi connectivity index (χ0v) is 16.0. The predicted molar refractivity (Wildman–Crippen MR) is 107 cm³/mol. The van der Waals surface area contributed by atoms with Gasteiger partial charge in [0.05, 0.1) is 26.9 Å². The second-order valence-corrected chi connectivity index (χ2v) is 6.66. The highest BCUT2D eigenvalue weighted by Gasteiger charge is 2.19. The Morgan fingerprint density at radius 2 is 1.74 bits per heavy atom. The summed E-state index contributed by atoms with van der Waals surface area (Å²) in [6.07, 6.45) is 1.61. The maximum atomic E-state index is 12.9. The van der Waals surface area contributed by atoms with Crippen molar-refractivity contribution in [1.29, 1.82) is 0 Å². The number of ketones is 1. The second-order valence-electron chi connectivity index (χ2n) is 5.64. The Morgan fingerprint density at radius 1 is 1.00 bits per heavy atom. The quantitative estimate of drug-likeness (QED) is 0.364. The minimum absolute atomic E-state index is 0.0417. The first-order valence-corrected chi connectivity index (χ1v) is 8.94. The molecule has 27 heavy (non-hydrogen) atoms. The Morgan fingerprint density at radius 3 is 2.37 bits per heavy atom. The molecule has 0 saturated heterocycles. The molecule has 0 aliphatic carbocycles. The van der Waals surface area contributed by atoms with Crippen LogP contribution in [0.2, 0.25) is 0 Å². The molecule has 0 saturated carbocycles. The molecule has 138 valence electrons. The zero-order chi connectivity index (χ0) is 19.4. The normalized spacial score (nSPS) is 11.3. The number of Topliss-reactive ketones (excluding diaryl/α,β-unsaturated/α-hetero) is 1. The smallest absolute Gasteiger partial charge is 0.244 e. The van der Waals surface area contributed by atoms with Crippen LogP contribution in [0.5, 0.6) is 11.5 Å². The monoisotopic (exact) mass is 382 g/mol.